The molecular formula is C15H14F3NO4S. The van der Waals surface area contributed by atoms with Crippen LogP contribution in [0.15, 0.2) is 47.4 Å². The zero-order chi connectivity index (χ0) is 18.0. The number of ether oxygens (including phenoxy) is 1. The van der Waals surface area contributed by atoms with E-state index in [1.807, 2.05) is 0 Å². The summed E-state index contributed by atoms with van der Waals surface area (Å²) in [5.74, 6) is -0.838. The molecule has 0 amide bonds. The van der Waals surface area contributed by atoms with Crippen molar-refractivity contribution in [3.63, 3.8) is 0 Å². The summed E-state index contributed by atoms with van der Waals surface area (Å²) in [6.45, 7) is 1.32. The van der Waals surface area contributed by atoms with Gasteiger partial charge in [0, 0.05) is 5.56 Å². The molecule has 0 aliphatic carbocycles. The van der Waals surface area contributed by atoms with Gasteiger partial charge in [0.1, 0.15) is 10.6 Å². The summed E-state index contributed by atoms with van der Waals surface area (Å²) in [6, 6.07) is 9.00. The smallest absolute Gasteiger partial charge is 0.404 e. The Labute approximate surface area is 136 Å². The van der Waals surface area contributed by atoms with Crippen LogP contribution in [0.3, 0.4) is 0 Å². The highest BCUT2D eigenvalue weighted by Gasteiger charge is 2.34. The SMILES string of the molecule is Cc1ccc(NS(=O)(=O)c2ccccc2OC(F)(F)F)c(CO)c1. The number of anilines is 1. The number of nitrogens with one attached hydrogen (secondary N) is 1. The van der Waals surface area contributed by atoms with Crippen molar-refractivity contribution < 1.29 is 31.4 Å². The van der Waals surface area contributed by atoms with E-state index < -0.39 is 33.6 Å². The van der Waals surface area contributed by atoms with Gasteiger partial charge >= 0.3 is 6.36 Å². The van der Waals surface area contributed by atoms with Crippen LogP contribution in [0, 0.1) is 6.92 Å². The maximum absolute atomic E-state index is 12.4. The van der Waals surface area contributed by atoms with Crippen LogP contribution in [-0.2, 0) is 16.6 Å². The number of para-hydroxylation sites is 1. The first-order chi connectivity index (χ1) is 11.1. The van der Waals surface area contributed by atoms with Crippen LogP contribution in [0.1, 0.15) is 11.1 Å². The monoisotopic (exact) mass is 361 g/mol. The Morgan fingerprint density at radius 2 is 1.83 bits per heavy atom. The highest BCUT2D eigenvalue weighted by Crippen LogP contribution is 2.31. The molecule has 0 heterocycles. The Hall–Kier alpha value is -2.26. The Kier molecular flexibility index (Phi) is 5.05. The Morgan fingerprint density at radius 1 is 1.17 bits per heavy atom. The first-order valence-electron chi connectivity index (χ1n) is 6.70. The number of aliphatic hydroxyl groups is 1. The van der Waals surface area contributed by atoms with Crippen molar-refractivity contribution in [3.05, 3.63) is 53.6 Å². The van der Waals surface area contributed by atoms with Gasteiger partial charge in [0.2, 0.25) is 0 Å². The van der Waals surface area contributed by atoms with Gasteiger partial charge in [-0.15, -0.1) is 13.2 Å². The molecule has 0 radical (unpaired) electrons. The number of alkyl halides is 3. The van der Waals surface area contributed by atoms with Crippen LogP contribution in [0.4, 0.5) is 18.9 Å². The predicted octanol–water partition coefficient (Wildman–Crippen LogP) is 3.19. The van der Waals surface area contributed by atoms with Crippen molar-refractivity contribution in [2.45, 2.75) is 24.8 Å². The van der Waals surface area contributed by atoms with Crippen LogP contribution in [0.5, 0.6) is 5.75 Å². The van der Waals surface area contributed by atoms with Crippen LogP contribution >= 0.6 is 0 Å². The molecule has 0 aromatic heterocycles. The van der Waals surface area contributed by atoms with Gasteiger partial charge in [0.05, 0.1) is 12.3 Å². The van der Waals surface area contributed by atoms with Crippen LogP contribution in [0.25, 0.3) is 0 Å². The molecule has 0 aliphatic rings. The quantitative estimate of drug-likeness (QED) is 0.858. The summed E-state index contributed by atoms with van der Waals surface area (Å²) in [4.78, 5) is -0.660. The molecule has 5 nitrogen and oxygen atoms in total. The third kappa shape index (κ3) is 4.39. The van der Waals surface area contributed by atoms with E-state index in [0.29, 0.717) is 5.56 Å². The molecule has 0 fully saturated rings. The van der Waals surface area contributed by atoms with Gasteiger partial charge in [-0.3, -0.25) is 4.72 Å². The number of aryl methyl sites for hydroxylation is 1. The maximum Gasteiger partial charge on any atom is 0.573 e. The molecule has 9 heteroatoms. The summed E-state index contributed by atoms with van der Waals surface area (Å²) in [6.07, 6.45) is -5.02. The van der Waals surface area contributed by atoms with Crippen LogP contribution < -0.4 is 9.46 Å². The number of sulfonamides is 1. The number of hydrogen-bond donors (Lipinski definition) is 2. The molecular weight excluding hydrogens is 347 g/mol. The molecule has 0 spiro atoms. The van der Waals surface area contributed by atoms with Crippen molar-refractivity contribution in [1.29, 1.82) is 0 Å². The fraction of sp³-hybridized carbons (Fsp3) is 0.200. The summed E-state index contributed by atoms with van der Waals surface area (Å²) in [5, 5.41) is 9.31. The third-order valence-corrected chi connectivity index (χ3v) is 4.44. The van der Waals surface area contributed by atoms with E-state index in [9.17, 15) is 26.7 Å². The molecule has 2 aromatic carbocycles. The largest absolute Gasteiger partial charge is 0.573 e. The molecule has 130 valence electrons. The van der Waals surface area contributed by atoms with Gasteiger partial charge in [-0.05, 0) is 25.1 Å². The number of benzene rings is 2. The number of rotatable bonds is 5. The van der Waals surface area contributed by atoms with Crippen molar-refractivity contribution >= 4 is 15.7 Å². The molecule has 2 aromatic rings. The van der Waals surface area contributed by atoms with Gasteiger partial charge in [0.15, 0.2) is 0 Å². The minimum atomic E-state index is -5.02. The lowest BCUT2D eigenvalue weighted by Crippen LogP contribution is -2.21. The second-order valence-electron chi connectivity index (χ2n) is 4.92. The second-order valence-corrected chi connectivity index (χ2v) is 6.57. The lowest BCUT2D eigenvalue weighted by atomic mass is 10.1. The number of aliphatic hydroxyl groups excluding tert-OH is 1. The van der Waals surface area contributed by atoms with Crippen LogP contribution in [-0.4, -0.2) is 19.9 Å². The zero-order valence-electron chi connectivity index (χ0n) is 12.5. The standard InChI is InChI=1S/C15H14F3NO4S/c1-10-6-7-12(11(8-10)9-20)19-24(21,22)14-5-3-2-4-13(14)23-15(16,17)18/h2-8,19-20H,9H2,1H3. The van der Waals surface area contributed by atoms with Crippen molar-refractivity contribution in [2.24, 2.45) is 0 Å². The van der Waals surface area contributed by atoms with E-state index in [1.54, 1.807) is 19.1 Å². The van der Waals surface area contributed by atoms with E-state index in [2.05, 4.69) is 9.46 Å². The summed E-state index contributed by atoms with van der Waals surface area (Å²) >= 11 is 0. The summed E-state index contributed by atoms with van der Waals surface area (Å²) in [5.41, 5.74) is 1.17. The van der Waals surface area contributed by atoms with E-state index in [4.69, 9.17) is 0 Å². The average Bonchev–Trinajstić information content (AvgIpc) is 2.47. The van der Waals surface area contributed by atoms with E-state index >= 15 is 0 Å². The van der Waals surface area contributed by atoms with Gasteiger partial charge in [-0.25, -0.2) is 8.42 Å². The van der Waals surface area contributed by atoms with Crippen molar-refractivity contribution in [3.8, 4) is 5.75 Å². The molecule has 0 atom stereocenters. The van der Waals surface area contributed by atoms with E-state index in [0.717, 1.165) is 17.7 Å². The molecule has 2 N–H and O–H groups in total. The van der Waals surface area contributed by atoms with Gasteiger partial charge in [0.25, 0.3) is 10.0 Å². The fourth-order valence-corrected chi connectivity index (χ4v) is 3.26. The van der Waals surface area contributed by atoms with Crippen molar-refractivity contribution in [2.75, 3.05) is 4.72 Å². The predicted molar refractivity (Wildman–Crippen MR) is 81.0 cm³/mol. The Balaban J connectivity index is 2.42. The van der Waals surface area contributed by atoms with E-state index in [-0.39, 0.29) is 5.69 Å². The van der Waals surface area contributed by atoms with Gasteiger partial charge in [-0.2, -0.15) is 0 Å². The third-order valence-electron chi connectivity index (χ3n) is 3.04. The molecule has 24 heavy (non-hydrogen) atoms. The Bertz CT molecular complexity index is 835. The average molecular weight is 361 g/mol. The molecule has 0 aliphatic heterocycles. The first kappa shape index (κ1) is 18.1. The second kappa shape index (κ2) is 6.70. The minimum absolute atomic E-state index is 0.0740. The summed E-state index contributed by atoms with van der Waals surface area (Å²) in [7, 11) is -4.35. The van der Waals surface area contributed by atoms with E-state index in [1.165, 1.54) is 18.2 Å². The number of hydrogen-bond acceptors (Lipinski definition) is 4. The molecule has 0 bridgehead atoms. The van der Waals surface area contributed by atoms with Crippen molar-refractivity contribution in [1.82, 2.24) is 0 Å². The van der Waals surface area contributed by atoms with Gasteiger partial charge < -0.3 is 9.84 Å². The fourth-order valence-electron chi connectivity index (χ4n) is 2.03. The molecule has 0 saturated carbocycles. The molecule has 0 saturated heterocycles. The van der Waals surface area contributed by atoms with Gasteiger partial charge in [-0.1, -0.05) is 29.8 Å². The lowest BCUT2D eigenvalue weighted by Gasteiger charge is -2.16. The molecule has 2 rings (SSSR count). The maximum atomic E-state index is 12.4. The highest BCUT2D eigenvalue weighted by atomic mass is 32.2. The minimum Gasteiger partial charge on any atom is -0.404 e. The lowest BCUT2D eigenvalue weighted by molar-refractivity contribution is -0.275. The first-order valence-corrected chi connectivity index (χ1v) is 8.19. The normalized spacial score (nSPS) is 12.0. The van der Waals surface area contributed by atoms with Crippen LogP contribution in [0.2, 0.25) is 0 Å². The summed E-state index contributed by atoms with van der Waals surface area (Å²) < 4.78 is 68.1. The zero-order valence-corrected chi connectivity index (χ0v) is 13.3. The number of halogens is 3. The highest BCUT2D eigenvalue weighted by molar-refractivity contribution is 7.92. The Morgan fingerprint density at radius 3 is 2.46 bits per heavy atom. The molecule has 0 unspecified atom stereocenters. The topological polar surface area (TPSA) is 75.6 Å².